The first-order chi connectivity index (χ1) is 16.3. The summed E-state index contributed by atoms with van der Waals surface area (Å²) in [6.07, 6.45) is 0.685. The van der Waals surface area contributed by atoms with Gasteiger partial charge in [-0.2, -0.15) is 4.31 Å². The summed E-state index contributed by atoms with van der Waals surface area (Å²) >= 11 is 0. The summed E-state index contributed by atoms with van der Waals surface area (Å²) in [6, 6.07) is 19.5. The van der Waals surface area contributed by atoms with Crippen molar-refractivity contribution >= 4 is 33.3 Å². The third-order valence-corrected chi connectivity index (χ3v) is 7.33. The third-order valence-electron chi connectivity index (χ3n) is 5.58. The molecule has 0 aromatic heterocycles. The highest BCUT2D eigenvalue weighted by Crippen LogP contribution is 2.37. The molecule has 0 bridgehead atoms. The second-order valence-corrected chi connectivity index (χ2v) is 9.51. The van der Waals surface area contributed by atoms with E-state index in [2.05, 4.69) is 5.32 Å². The van der Waals surface area contributed by atoms with Crippen LogP contribution in [0, 0.1) is 0 Å². The van der Waals surface area contributed by atoms with Crippen LogP contribution in [0.5, 0.6) is 5.75 Å². The molecule has 0 saturated heterocycles. The average molecular weight is 480 g/mol. The lowest BCUT2D eigenvalue weighted by molar-refractivity contribution is -0.119. The minimum atomic E-state index is -4.14. The Morgan fingerprint density at radius 3 is 2.41 bits per heavy atom. The van der Waals surface area contributed by atoms with E-state index in [1.807, 2.05) is 25.1 Å². The summed E-state index contributed by atoms with van der Waals surface area (Å²) in [6.45, 7) is 1.87. The van der Waals surface area contributed by atoms with Crippen LogP contribution in [0.15, 0.2) is 77.7 Å². The first kappa shape index (κ1) is 23.3. The molecule has 0 unspecified atom stereocenters. The van der Waals surface area contributed by atoms with E-state index in [1.165, 1.54) is 17.0 Å². The molecular weight excluding hydrogens is 454 g/mol. The Hall–Kier alpha value is -3.85. The van der Waals surface area contributed by atoms with Gasteiger partial charge in [0.05, 0.1) is 18.5 Å². The number of urea groups is 1. The molecule has 9 heteroatoms. The van der Waals surface area contributed by atoms with Crippen LogP contribution in [-0.2, 0) is 27.8 Å². The number of methoxy groups -OCH3 is 1. The molecule has 34 heavy (non-hydrogen) atoms. The number of amides is 3. The maximum absolute atomic E-state index is 13.5. The van der Waals surface area contributed by atoms with Gasteiger partial charge in [-0.05, 0) is 53.9 Å². The molecular formula is C25H25N3O5S. The Morgan fingerprint density at radius 2 is 1.71 bits per heavy atom. The number of sulfonamides is 1. The fourth-order valence-electron chi connectivity index (χ4n) is 3.76. The van der Waals surface area contributed by atoms with Gasteiger partial charge >= 0.3 is 6.03 Å². The lowest BCUT2D eigenvalue weighted by atomic mass is 10.1. The quantitative estimate of drug-likeness (QED) is 0.557. The number of hydrogen-bond donors (Lipinski definition) is 1. The lowest BCUT2D eigenvalue weighted by Gasteiger charge is -2.36. The van der Waals surface area contributed by atoms with Gasteiger partial charge in [-0.15, -0.1) is 0 Å². The second kappa shape index (κ2) is 9.56. The zero-order valence-electron chi connectivity index (χ0n) is 18.9. The number of carbonyl (C=O) groups is 2. The largest absolute Gasteiger partial charge is 0.497 e. The fourth-order valence-corrected chi connectivity index (χ4v) is 5.35. The topological polar surface area (TPSA) is 96.0 Å². The molecule has 0 spiro atoms. The van der Waals surface area contributed by atoms with E-state index in [0.717, 1.165) is 15.4 Å². The molecule has 4 rings (SSSR count). The number of nitrogens with one attached hydrogen (secondary N) is 1. The van der Waals surface area contributed by atoms with Crippen molar-refractivity contribution in [2.75, 3.05) is 22.9 Å². The van der Waals surface area contributed by atoms with Crippen LogP contribution >= 0.6 is 0 Å². The van der Waals surface area contributed by atoms with E-state index < -0.39 is 22.0 Å². The summed E-state index contributed by atoms with van der Waals surface area (Å²) in [4.78, 5) is 27.4. The lowest BCUT2D eigenvalue weighted by Crippen LogP contribution is -2.53. The van der Waals surface area contributed by atoms with Crippen molar-refractivity contribution in [3.63, 3.8) is 0 Å². The maximum atomic E-state index is 13.5. The number of hydrogen-bond acceptors (Lipinski definition) is 5. The summed E-state index contributed by atoms with van der Waals surface area (Å²) in [5, 5.41) is 2.79. The monoisotopic (exact) mass is 479 g/mol. The van der Waals surface area contributed by atoms with Crippen LogP contribution in [0.4, 0.5) is 16.2 Å². The van der Waals surface area contributed by atoms with Gasteiger partial charge in [-0.1, -0.05) is 43.3 Å². The molecule has 1 N–H and O–H groups in total. The van der Waals surface area contributed by atoms with Crippen LogP contribution in [-0.4, -0.2) is 34.0 Å². The van der Waals surface area contributed by atoms with Gasteiger partial charge in [-0.25, -0.2) is 13.2 Å². The predicted octanol–water partition coefficient (Wildman–Crippen LogP) is 3.71. The van der Waals surface area contributed by atoms with Crippen molar-refractivity contribution < 1.29 is 22.7 Å². The third kappa shape index (κ3) is 4.47. The Kier molecular flexibility index (Phi) is 6.56. The number of nitrogens with zero attached hydrogens (tertiary/aromatic N) is 2. The molecule has 3 amide bonds. The standard InChI is InChI=1S/C25H25N3O5S/c1-3-18-7-6-8-20(15-18)28-25(30)27(22-9-4-5-10-23(22)34(28,31)32)17-24(29)26-16-19-11-13-21(33-2)14-12-19/h4-15H,3,16-17H2,1-2H3,(H,26,29). The molecule has 176 valence electrons. The smallest absolute Gasteiger partial charge is 0.343 e. The Bertz CT molecular complexity index is 1320. The highest BCUT2D eigenvalue weighted by atomic mass is 32.2. The van der Waals surface area contributed by atoms with Crippen LogP contribution in [0.3, 0.4) is 0 Å². The summed E-state index contributed by atoms with van der Waals surface area (Å²) in [5.74, 6) is 0.291. The molecule has 1 aliphatic rings. The van der Waals surface area contributed by atoms with Gasteiger partial charge in [0.2, 0.25) is 5.91 Å². The van der Waals surface area contributed by atoms with E-state index in [0.29, 0.717) is 12.2 Å². The number of rotatable bonds is 7. The zero-order chi connectivity index (χ0) is 24.3. The molecule has 3 aromatic carbocycles. The maximum Gasteiger partial charge on any atom is 0.343 e. The summed E-state index contributed by atoms with van der Waals surface area (Å²) in [7, 11) is -2.57. The SMILES string of the molecule is CCc1cccc(N2C(=O)N(CC(=O)NCc3ccc(OC)cc3)c3ccccc3S2(=O)=O)c1. The van der Waals surface area contributed by atoms with Gasteiger partial charge in [0.1, 0.15) is 17.2 Å². The van der Waals surface area contributed by atoms with Crippen molar-refractivity contribution in [3.05, 3.63) is 83.9 Å². The normalized spacial score (nSPS) is 14.5. The first-order valence-corrected chi connectivity index (χ1v) is 12.2. The second-order valence-electron chi connectivity index (χ2n) is 7.75. The molecule has 8 nitrogen and oxygen atoms in total. The van der Waals surface area contributed by atoms with E-state index in [-0.39, 0.29) is 29.4 Å². The molecule has 0 aliphatic carbocycles. The van der Waals surface area contributed by atoms with Gasteiger partial charge in [0, 0.05) is 6.54 Å². The minimum Gasteiger partial charge on any atom is -0.497 e. The average Bonchev–Trinajstić information content (AvgIpc) is 2.85. The first-order valence-electron chi connectivity index (χ1n) is 10.8. The van der Waals surface area contributed by atoms with Crippen molar-refractivity contribution in [2.24, 2.45) is 0 Å². The summed E-state index contributed by atoms with van der Waals surface area (Å²) < 4.78 is 32.7. The van der Waals surface area contributed by atoms with Crippen molar-refractivity contribution in [3.8, 4) is 5.75 Å². The number of fused-ring (bicyclic) bond motifs is 1. The molecule has 3 aromatic rings. The number of carbonyl (C=O) groups excluding carboxylic acids is 2. The Balaban J connectivity index is 1.61. The minimum absolute atomic E-state index is 0.0283. The molecule has 0 radical (unpaired) electrons. The number of para-hydroxylation sites is 1. The highest BCUT2D eigenvalue weighted by Gasteiger charge is 2.43. The van der Waals surface area contributed by atoms with Crippen LogP contribution in [0.2, 0.25) is 0 Å². The van der Waals surface area contributed by atoms with Gasteiger partial charge in [0.15, 0.2) is 0 Å². The summed E-state index contributed by atoms with van der Waals surface area (Å²) in [5.41, 5.74) is 2.17. The predicted molar refractivity (Wildman–Crippen MR) is 130 cm³/mol. The number of anilines is 2. The van der Waals surface area contributed by atoms with Crippen LogP contribution in [0.25, 0.3) is 0 Å². The number of ether oxygens (including phenoxy) is 1. The van der Waals surface area contributed by atoms with E-state index in [4.69, 9.17) is 4.74 Å². The molecule has 0 saturated carbocycles. The Labute approximate surface area is 198 Å². The van der Waals surface area contributed by atoms with Gasteiger partial charge in [0.25, 0.3) is 10.0 Å². The molecule has 1 heterocycles. The highest BCUT2D eigenvalue weighted by molar-refractivity contribution is 7.94. The van der Waals surface area contributed by atoms with Gasteiger partial charge in [-0.3, -0.25) is 9.69 Å². The zero-order valence-corrected chi connectivity index (χ0v) is 19.7. The van der Waals surface area contributed by atoms with E-state index >= 15 is 0 Å². The molecule has 0 atom stereocenters. The van der Waals surface area contributed by atoms with Crippen molar-refractivity contribution in [1.29, 1.82) is 0 Å². The molecule has 1 aliphatic heterocycles. The fraction of sp³-hybridized carbons (Fsp3) is 0.200. The van der Waals surface area contributed by atoms with E-state index in [9.17, 15) is 18.0 Å². The van der Waals surface area contributed by atoms with Crippen LogP contribution < -0.4 is 19.3 Å². The van der Waals surface area contributed by atoms with Crippen molar-refractivity contribution in [1.82, 2.24) is 5.32 Å². The number of aryl methyl sites for hydroxylation is 1. The van der Waals surface area contributed by atoms with E-state index in [1.54, 1.807) is 49.6 Å². The van der Waals surface area contributed by atoms with Crippen molar-refractivity contribution in [2.45, 2.75) is 24.8 Å². The number of benzene rings is 3. The van der Waals surface area contributed by atoms with Crippen LogP contribution in [0.1, 0.15) is 18.1 Å². The molecule has 0 fully saturated rings. The Morgan fingerprint density at radius 1 is 0.971 bits per heavy atom. The van der Waals surface area contributed by atoms with Gasteiger partial charge < -0.3 is 10.1 Å².